The fourth-order valence-corrected chi connectivity index (χ4v) is 7.31. The van der Waals surface area contributed by atoms with E-state index in [1.54, 1.807) is 28.8 Å². The number of hydrogen-bond donors (Lipinski definition) is 2. The van der Waals surface area contributed by atoms with E-state index in [9.17, 15) is 18.8 Å². The van der Waals surface area contributed by atoms with Crippen LogP contribution in [-0.4, -0.2) is 55.0 Å². The van der Waals surface area contributed by atoms with Crippen LogP contribution in [0.3, 0.4) is 0 Å². The maximum atomic E-state index is 14.6. The molecule has 2 amide bonds. The third-order valence-corrected chi connectivity index (χ3v) is 9.85. The molecule has 11 nitrogen and oxygen atoms in total. The standard InChI is InChI=1S/C35H40FN7O4/c1-7-35-17-23-8-11-24(36)16-26(23)29(35)31(39-32(44)27-14-15-38-41(27)6)33(45)43(35)25-12-9-22(10-13-25)28-20(4)40-42(21(28)5)18-47-34(46)30(37)19(2)3/h8-16,19,29-31H,7,17-18,37H2,1-6H3,(H,39,44)/t29?,30-,31-,35?/m0/s1. The molecule has 12 heteroatoms. The summed E-state index contributed by atoms with van der Waals surface area (Å²) in [5.41, 5.74) is 11.3. The lowest BCUT2D eigenvalue weighted by Gasteiger charge is -2.38. The normalized spacial score (nSPS) is 20.8. The van der Waals surface area contributed by atoms with Crippen LogP contribution in [-0.2, 0) is 34.5 Å². The molecule has 47 heavy (non-hydrogen) atoms. The van der Waals surface area contributed by atoms with Crippen LogP contribution in [0, 0.1) is 25.6 Å². The molecule has 1 aliphatic heterocycles. The maximum absolute atomic E-state index is 14.6. The number of hydrogen-bond acceptors (Lipinski definition) is 7. The van der Waals surface area contributed by atoms with Gasteiger partial charge in [0.25, 0.3) is 11.8 Å². The van der Waals surface area contributed by atoms with Gasteiger partial charge in [0.1, 0.15) is 23.6 Å². The van der Waals surface area contributed by atoms with E-state index >= 15 is 0 Å². The summed E-state index contributed by atoms with van der Waals surface area (Å²) in [4.78, 5) is 41.9. The van der Waals surface area contributed by atoms with Crippen molar-refractivity contribution in [3.63, 3.8) is 0 Å². The number of aryl methyl sites for hydroxylation is 2. The number of rotatable bonds is 9. The number of esters is 1. The molecule has 0 radical (unpaired) electrons. The topological polar surface area (TPSA) is 137 Å². The zero-order chi connectivity index (χ0) is 33.8. The fraction of sp³-hybridized carbons (Fsp3) is 0.400. The van der Waals surface area contributed by atoms with E-state index in [1.807, 2.05) is 58.9 Å². The number of fused-ring (bicyclic) bond motifs is 3. The zero-order valence-electron chi connectivity index (χ0n) is 27.5. The van der Waals surface area contributed by atoms with E-state index in [0.717, 1.165) is 33.6 Å². The Bertz CT molecular complexity index is 1860. The van der Waals surface area contributed by atoms with Gasteiger partial charge in [0.05, 0.1) is 11.2 Å². The number of benzene rings is 2. The molecule has 2 aromatic heterocycles. The first-order chi connectivity index (χ1) is 22.4. The van der Waals surface area contributed by atoms with Gasteiger partial charge in [-0.1, -0.05) is 39.0 Å². The van der Waals surface area contributed by atoms with E-state index < -0.39 is 35.4 Å². The number of nitrogens with one attached hydrogen (secondary N) is 1. The van der Waals surface area contributed by atoms with E-state index in [-0.39, 0.29) is 24.4 Å². The highest BCUT2D eigenvalue weighted by atomic mass is 19.1. The van der Waals surface area contributed by atoms with Crippen molar-refractivity contribution in [2.24, 2.45) is 18.7 Å². The van der Waals surface area contributed by atoms with Crippen LogP contribution < -0.4 is 16.0 Å². The quantitative estimate of drug-likeness (QED) is 0.262. The van der Waals surface area contributed by atoms with Crippen LogP contribution in [0.1, 0.15) is 66.1 Å². The van der Waals surface area contributed by atoms with Crippen LogP contribution in [0.4, 0.5) is 10.1 Å². The minimum atomic E-state index is -0.908. The molecule has 1 aliphatic carbocycles. The molecule has 2 aliphatic rings. The monoisotopic (exact) mass is 641 g/mol. The molecule has 0 spiro atoms. The van der Waals surface area contributed by atoms with Gasteiger partial charge in [0.15, 0.2) is 6.73 Å². The predicted octanol–water partition coefficient (Wildman–Crippen LogP) is 4.16. The van der Waals surface area contributed by atoms with E-state index in [4.69, 9.17) is 10.5 Å². The number of carbonyl (C=O) groups excluding carboxylic acids is 3. The molecule has 3 N–H and O–H groups in total. The Morgan fingerprint density at radius 1 is 1.15 bits per heavy atom. The Hall–Kier alpha value is -4.84. The number of carbonyl (C=O) groups is 3. The summed E-state index contributed by atoms with van der Waals surface area (Å²) >= 11 is 0. The number of ether oxygens (including phenoxy) is 1. The first kappa shape index (κ1) is 32.1. The first-order valence-electron chi connectivity index (χ1n) is 15.9. The van der Waals surface area contributed by atoms with E-state index in [0.29, 0.717) is 24.2 Å². The maximum Gasteiger partial charge on any atom is 0.324 e. The molecule has 6 rings (SSSR count). The molecule has 1 fully saturated rings. The van der Waals surface area contributed by atoms with Crippen molar-refractivity contribution in [2.75, 3.05) is 4.90 Å². The third-order valence-electron chi connectivity index (χ3n) is 9.85. The number of nitrogens with two attached hydrogens (primary N) is 1. The van der Waals surface area contributed by atoms with Crippen molar-refractivity contribution in [3.05, 3.63) is 88.8 Å². The molecule has 246 valence electrons. The van der Waals surface area contributed by atoms with E-state index in [2.05, 4.69) is 15.5 Å². The number of halogens is 1. The molecule has 2 aromatic carbocycles. The fourth-order valence-electron chi connectivity index (χ4n) is 7.31. The number of amides is 2. The SMILES string of the molecule is CCC12Cc3ccc(F)cc3C1[C@H](NC(=O)c1ccnn1C)C(=O)N2c1ccc(-c2c(C)nn(COC(=O)[C@@H](N)C(C)C)c2C)cc1. The highest BCUT2D eigenvalue weighted by Gasteiger charge is 2.62. The summed E-state index contributed by atoms with van der Waals surface area (Å²) in [6.07, 6.45) is 2.64. The predicted molar refractivity (Wildman–Crippen MR) is 174 cm³/mol. The van der Waals surface area contributed by atoms with Gasteiger partial charge in [0, 0.05) is 36.1 Å². The van der Waals surface area contributed by atoms with Gasteiger partial charge < -0.3 is 20.7 Å². The third kappa shape index (κ3) is 5.30. The number of anilines is 1. The summed E-state index contributed by atoms with van der Waals surface area (Å²) in [5, 5.41) is 11.7. The van der Waals surface area contributed by atoms with Crippen LogP contribution in [0.15, 0.2) is 54.7 Å². The Labute approximate surface area is 272 Å². The molecule has 0 saturated carbocycles. The average Bonchev–Trinajstić information content (AvgIpc) is 3.75. The highest BCUT2D eigenvalue weighted by Crippen LogP contribution is 2.55. The highest BCUT2D eigenvalue weighted by molar-refractivity contribution is 6.07. The van der Waals surface area contributed by atoms with Crippen molar-refractivity contribution in [2.45, 2.75) is 77.7 Å². The van der Waals surface area contributed by atoms with Gasteiger partial charge in [-0.05, 0) is 79.6 Å². The summed E-state index contributed by atoms with van der Waals surface area (Å²) in [5.74, 6) is -2.05. The molecule has 1 saturated heterocycles. The molecule has 0 bridgehead atoms. The van der Waals surface area contributed by atoms with Gasteiger partial charge >= 0.3 is 5.97 Å². The first-order valence-corrected chi connectivity index (χ1v) is 15.9. The summed E-state index contributed by atoms with van der Waals surface area (Å²) in [7, 11) is 1.66. The van der Waals surface area contributed by atoms with Gasteiger partial charge in [-0.3, -0.25) is 19.1 Å². The van der Waals surface area contributed by atoms with Crippen molar-refractivity contribution in [1.29, 1.82) is 0 Å². The molecule has 3 heterocycles. The van der Waals surface area contributed by atoms with Crippen molar-refractivity contribution < 1.29 is 23.5 Å². The van der Waals surface area contributed by atoms with Gasteiger partial charge in [0.2, 0.25) is 0 Å². The average molecular weight is 642 g/mol. The lowest BCUT2D eigenvalue weighted by Crippen LogP contribution is -2.47. The Morgan fingerprint density at radius 2 is 1.87 bits per heavy atom. The second-order valence-electron chi connectivity index (χ2n) is 12.9. The molecule has 2 unspecified atom stereocenters. The lowest BCUT2D eigenvalue weighted by atomic mass is 9.80. The Balaban J connectivity index is 1.33. The Morgan fingerprint density at radius 3 is 2.51 bits per heavy atom. The molecular weight excluding hydrogens is 601 g/mol. The summed E-state index contributed by atoms with van der Waals surface area (Å²) in [6.45, 7) is 9.49. The van der Waals surface area contributed by atoms with Gasteiger partial charge in [-0.25, -0.2) is 9.07 Å². The van der Waals surface area contributed by atoms with Crippen LogP contribution >= 0.6 is 0 Å². The summed E-state index contributed by atoms with van der Waals surface area (Å²) < 4.78 is 23.1. The minimum absolute atomic E-state index is 0.0474. The van der Waals surface area contributed by atoms with Crippen LogP contribution in [0.2, 0.25) is 0 Å². The molecule has 4 aromatic rings. The van der Waals surface area contributed by atoms with Crippen molar-refractivity contribution in [1.82, 2.24) is 24.9 Å². The van der Waals surface area contributed by atoms with E-state index in [1.165, 1.54) is 23.0 Å². The summed E-state index contributed by atoms with van der Waals surface area (Å²) in [6, 6.07) is 12.4. The Kier molecular flexibility index (Phi) is 8.25. The molecular formula is C35H40FN7O4. The van der Waals surface area contributed by atoms with Gasteiger partial charge in [-0.2, -0.15) is 10.2 Å². The number of aromatic nitrogens is 4. The lowest BCUT2D eigenvalue weighted by molar-refractivity contribution is -0.150. The zero-order valence-corrected chi connectivity index (χ0v) is 27.5. The number of nitrogens with zero attached hydrogens (tertiary/aromatic N) is 5. The van der Waals surface area contributed by atoms with Crippen molar-refractivity contribution >= 4 is 23.5 Å². The molecule has 4 atom stereocenters. The van der Waals surface area contributed by atoms with Crippen molar-refractivity contribution in [3.8, 4) is 11.1 Å². The second kappa shape index (κ2) is 12.1. The minimum Gasteiger partial charge on any atom is -0.441 e. The van der Waals surface area contributed by atoms with Crippen LogP contribution in [0.5, 0.6) is 0 Å². The van der Waals surface area contributed by atoms with Gasteiger partial charge in [-0.15, -0.1) is 0 Å². The smallest absolute Gasteiger partial charge is 0.324 e. The van der Waals surface area contributed by atoms with Crippen LogP contribution in [0.25, 0.3) is 11.1 Å². The second-order valence-corrected chi connectivity index (χ2v) is 12.9. The largest absolute Gasteiger partial charge is 0.441 e.